The van der Waals surface area contributed by atoms with E-state index in [4.69, 9.17) is 19.9 Å². The number of furan rings is 1. The van der Waals surface area contributed by atoms with Gasteiger partial charge in [0, 0.05) is 31.5 Å². The Bertz CT molecular complexity index is 993. The molecule has 148 valence electrons. The first-order chi connectivity index (χ1) is 13.5. The Balaban J connectivity index is 1.44. The summed E-state index contributed by atoms with van der Waals surface area (Å²) in [6.07, 6.45) is 2.18. The predicted octanol–water partition coefficient (Wildman–Crippen LogP) is 2.66. The maximum absolute atomic E-state index is 10.9. The second-order valence-electron chi connectivity index (χ2n) is 7.38. The topological polar surface area (TPSA) is 98.9 Å². The third-order valence-electron chi connectivity index (χ3n) is 5.03. The normalized spacial score (nSPS) is 17.9. The van der Waals surface area contributed by atoms with Crippen LogP contribution in [0.15, 0.2) is 28.7 Å². The van der Waals surface area contributed by atoms with E-state index in [1.807, 2.05) is 31.2 Å². The van der Waals surface area contributed by atoms with Gasteiger partial charge in [-0.1, -0.05) is 0 Å². The number of fused-ring (bicyclic) bond motifs is 1. The van der Waals surface area contributed by atoms with E-state index in [1.165, 1.54) is 6.92 Å². The van der Waals surface area contributed by atoms with E-state index in [-0.39, 0.29) is 12.6 Å². The molecule has 1 fully saturated rings. The van der Waals surface area contributed by atoms with Gasteiger partial charge < -0.3 is 14.9 Å². The third-order valence-corrected chi connectivity index (χ3v) is 5.03. The van der Waals surface area contributed by atoms with E-state index in [9.17, 15) is 4.79 Å². The lowest BCUT2D eigenvalue weighted by Gasteiger charge is -2.31. The molecule has 4 rings (SSSR count). The molecule has 0 aromatic carbocycles. The number of nitrogens with zero attached hydrogens (tertiary/aromatic N) is 4. The molecule has 1 saturated heterocycles. The second-order valence-corrected chi connectivity index (χ2v) is 7.38. The van der Waals surface area contributed by atoms with Crippen LogP contribution in [-0.4, -0.2) is 38.6 Å². The van der Waals surface area contributed by atoms with Crippen LogP contribution in [0.4, 0.5) is 5.82 Å². The maximum atomic E-state index is 10.9. The van der Waals surface area contributed by atoms with Crippen molar-refractivity contribution in [1.82, 2.24) is 19.5 Å². The largest absolute Gasteiger partial charge is 0.461 e. The minimum absolute atomic E-state index is 0.173. The summed E-state index contributed by atoms with van der Waals surface area (Å²) in [5.74, 6) is 2.17. The van der Waals surface area contributed by atoms with Crippen LogP contribution >= 0.6 is 0 Å². The fraction of sp³-hybridized carbons (Fsp3) is 0.450. The van der Waals surface area contributed by atoms with Gasteiger partial charge in [-0.25, -0.2) is 4.98 Å². The standard InChI is InChI=1S/C20H25N5O3/c1-13-8-20-22-18(9-19(21)25(20)23-13)15-4-3-7-24(10-15)11-16-5-6-17(28-16)12-27-14(2)26/h5-6,8-9,15H,3-4,7,10-12,21H2,1-2H3/t15-/m0/s1. The smallest absolute Gasteiger partial charge is 0.303 e. The highest BCUT2D eigenvalue weighted by molar-refractivity contribution is 5.65. The molecule has 0 spiro atoms. The predicted molar refractivity (Wildman–Crippen MR) is 104 cm³/mol. The summed E-state index contributed by atoms with van der Waals surface area (Å²) in [6, 6.07) is 7.70. The molecule has 8 heteroatoms. The molecule has 4 heterocycles. The van der Waals surface area contributed by atoms with Crippen molar-refractivity contribution in [3.8, 4) is 0 Å². The number of nitrogen functional groups attached to an aromatic ring is 1. The Morgan fingerprint density at radius 1 is 1.36 bits per heavy atom. The van der Waals surface area contributed by atoms with Crippen LogP contribution in [0.5, 0.6) is 0 Å². The third kappa shape index (κ3) is 4.01. The minimum Gasteiger partial charge on any atom is -0.461 e. The first-order valence-electron chi connectivity index (χ1n) is 9.54. The Kier molecular flexibility index (Phi) is 5.04. The van der Waals surface area contributed by atoms with Crippen LogP contribution in [0.25, 0.3) is 5.65 Å². The number of hydrogen-bond donors (Lipinski definition) is 1. The number of aromatic nitrogens is 3. The molecule has 0 radical (unpaired) electrons. The number of carbonyl (C=O) groups excluding carboxylic acids is 1. The average molecular weight is 383 g/mol. The van der Waals surface area contributed by atoms with Gasteiger partial charge in [0.1, 0.15) is 23.9 Å². The highest BCUT2D eigenvalue weighted by atomic mass is 16.5. The highest BCUT2D eigenvalue weighted by Crippen LogP contribution is 2.28. The maximum Gasteiger partial charge on any atom is 0.303 e. The zero-order chi connectivity index (χ0) is 19.7. The molecule has 3 aromatic heterocycles. The van der Waals surface area contributed by atoms with Crippen molar-refractivity contribution in [3.05, 3.63) is 47.2 Å². The van der Waals surface area contributed by atoms with Crippen molar-refractivity contribution >= 4 is 17.4 Å². The Morgan fingerprint density at radius 3 is 3.00 bits per heavy atom. The summed E-state index contributed by atoms with van der Waals surface area (Å²) < 4.78 is 12.5. The van der Waals surface area contributed by atoms with Crippen molar-refractivity contribution in [2.45, 2.75) is 45.8 Å². The number of hydrogen-bond acceptors (Lipinski definition) is 7. The van der Waals surface area contributed by atoms with Crippen molar-refractivity contribution < 1.29 is 13.9 Å². The summed E-state index contributed by atoms with van der Waals surface area (Å²) >= 11 is 0. The first-order valence-corrected chi connectivity index (χ1v) is 9.54. The lowest BCUT2D eigenvalue weighted by molar-refractivity contribution is -0.142. The zero-order valence-corrected chi connectivity index (χ0v) is 16.2. The molecule has 0 aliphatic carbocycles. The number of anilines is 1. The van der Waals surface area contributed by atoms with E-state index in [0.29, 0.717) is 17.5 Å². The van der Waals surface area contributed by atoms with E-state index >= 15 is 0 Å². The molecule has 2 N–H and O–H groups in total. The van der Waals surface area contributed by atoms with Gasteiger partial charge >= 0.3 is 5.97 Å². The van der Waals surface area contributed by atoms with Gasteiger partial charge in [0.15, 0.2) is 5.65 Å². The van der Waals surface area contributed by atoms with Crippen LogP contribution in [-0.2, 0) is 22.7 Å². The van der Waals surface area contributed by atoms with Crippen molar-refractivity contribution in [3.63, 3.8) is 0 Å². The summed E-state index contributed by atoms with van der Waals surface area (Å²) in [5, 5.41) is 4.37. The minimum atomic E-state index is -0.311. The SMILES string of the molecule is CC(=O)OCc1ccc(CN2CCC[C@H](c3cc(N)n4nc(C)cc4n3)C2)o1. The number of piperidine rings is 1. The molecule has 1 aliphatic heterocycles. The van der Waals surface area contributed by atoms with E-state index in [1.54, 1.807) is 4.52 Å². The summed E-state index contributed by atoms with van der Waals surface area (Å²) in [5.41, 5.74) is 8.91. The van der Waals surface area contributed by atoms with Crippen molar-refractivity contribution in [2.24, 2.45) is 0 Å². The molecule has 28 heavy (non-hydrogen) atoms. The molecule has 0 amide bonds. The van der Waals surface area contributed by atoms with Gasteiger partial charge in [-0.2, -0.15) is 9.61 Å². The molecule has 0 bridgehead atoms. The molecule has 1 aliphatic rings. The molecular weight excluding hydrogens is 358 g/mol. The summed E-state index contributed by atoms with van der Waals surface area (Å²) in [7, 11) is 0. The summed E-state index contributed by atoms with van der Waals surface area (Å²) in [6.45, 7) is 6.14. The van der Waals surface area contributed by atoms with Crippen LogP contribution in [0.3, 0.4) is 0 Å². The second kappa shape index (κ2) is 7.63. The molecule has 1 atom stereocenters. The van der Waals surface area contributed by atoms with Crippen molar-refractivity contribution in [1.29, 1.82) is 0 Å². The van der Waals surface area contributed by atoms with Crippen LogP contribution < -0.4 is 5.73 Å². The van der Waals surface area contributed by atoms with E-state index < -0.39 is 0 Å². The van der Waals surface area contributed by atoms with Gasteiger partial charge in [0.05, 0.1) is 17.9 Å². The Hall–Kier alpha value is -2.87. The fourth-order valence-electron chi connectivity index (χ4n) is 3.76. The van der Waals surface area contributed by atoms with Gasteiger partial charge in [-0.3, -0.25) is 9.69 Å². The van der Waals surface area contributed by atoms with E-state index in [0.717, 1.165) is 55.3 Å². The number of ether oxygens (including phenoxy) is 1. The first kappa shape index (κ1) is 18.5. The lowest BCUT2D eigenvalue weighted by atomic mass is 9.94. The molecule has 3 aromatic rings. The van der Waals surface area contributed by atoms with Crippen LogP contribution in [0.1, 0.15) is 48.6 Å². The molecule has 0 saturated carbocycles. The van der Waals surface area contributed by atoms with E-state index in [2.05, 4.69) is 10.00 Å². The molecule has 0 unspecified atom stereocenters. The van der Waals surface area contributed by atoms with Crippen LogP contribution in [0, 0.1) is 6.92 Å². The number of nitrogens with two attached hydrogens (primary N) is 1. The Morgan fingerprint density at radius 2 is 2.18 bits per heavy atom. The molecular formula is C20H25N5O3. The number of likely N-dealkylation sites (tertiary alicyclic amines) is 1. The quantitative estimate of drug-likeness (QED) is 0.676. The molecule has 8 nitrogen and oxygen atoms in total. The number of carbonyl (C=O) groups is 1. The average Bonchev–Trinajstić information content (AvgIpc) is 3.26. The monoisotopic (exact) mass is 383 g/mol. The number of aryl methyl sites for hydroxylation is 1. The zero-order valence-electron chi connectivity index (χ0n) is 16.2. The fourth-order valence-corrected chi connectivity index (χ4v) is 3.76. The van der Waals surface area contributed by atoms with Crippen LogP contribution in [0.2, 0.25) is 0 Å². The van der Waals surface area contributed by atoms with Gasteiger partial charge in [-0.15, -0.1) is 0 Å². The number of esters is 1. The highest BCUT2D eigenvalue weighted by Gasteiger charge is 2.24. The summed E-state index contributed by atoms with van der Waals surface area (Å²) in [4.78, 5) is 18.1. The van der Waals surface area contributed by atoms with Crippen molar-refractivity contribution in [2.75, 3.05) is 18.8 Å². The van der Waals surface area contributed by atoms with Gasteiger partial charge in [0.25, 0.3) is 0 Å². The number of rotatable bonds is 5. The van der Waals surface area contributed by atoms with Gasteiger partial charge in [0.2, 0.25) is 0 Å². The van der Waals surface area contributed by atoms with Gasteiger partial charge in [-0.05, 0) is 38.4 Å². The lowest BCUT2D eigenvalue weighted by Crippen LogP contribution is -2.34. The Labute approximate surface area is 163 Å².